The van der Waals surface area contributed by atoms with Crippen LogP contribution in [0.4, 0.5) is 5.82 Å². The zero-order valence-electron chi connectivity index (χ0n) is 14.7. The Morgan fingerprint density at radius 2 is 2.12 bits per heavy atom. The van der Waals surface area contributed by atoms with Crippen LogP contribution in [-0.2, 0) is 11.3 Å². The van der Waals surface area contributed by atoms with Gasteiger partial charge in [0.05, 0.1) is 17.9 Å². The Morgan fingerprint density at radius 3 is 2.84 bits per heavy atom. The molecule has 1 N–H and O–H groups in total. The molecule has 0 aliphatic rings. The second kappa shape index (κ2) is 6.79. The highest BCUT2D eigenvalue weighted by Crippen LogP contribution is 2.25. The number of nitrogens with zero attached hydrogens (tertiary/aromatic N) is 4. The number of rotatable bonds is 5. The van der Waals surface area contributed by atoms with Gasteiger partial charge in [-0.3, -0.25) is 14.2 Å². The smallest absolute Gasteiger partial charge is 0.262 e. The van der Waals surface area contributed by atoms with Crippen molar-refractivity contribution in [3.63, 3.8) is 0 Å². The predicted octanol–water partition coefficient (Wildman–Crippen LogP) is 2.88. The minimum atomic E-state index is -0.160. The van der Waals surface area contributed by atoms with E-state index < -0.39 is 0 Å². The van der Waals surface area contributed by atoms with E-state index in [1.54, 1.807) is 16.9 Å². The van der Waals surface area contributed by atoms with Gasteiger partial charge in [0.25, 0.3) is 5.56 Å². The number of carbonyl (C=O) groups excluding carboxylic acids is 1. The van der Waals surface area contributed by atoms with Crippen LogP contribution in [0.15, 0.2) is 23.4 Å². The van der Waals surface area contributed by atoms with Crippen molar-refractivity contribution >= 4 is 33.3 Å². The molecule has 3 aromatic rings. The SMILES string of the molecule is Cc1sc2ncn(CCC(=O)Nc3ccnn3C(C)C)c(=O)c2c1C. The average molecular weight is 359 g/mol. The van der Waals surface area contributed by atoms with Crippen molar-refractivity contribution in [3.05, 3.63) is 39.4 Å². The molecule has 0 saturated carbocycles. The number of fused-ring (bicyclic) bond motifs is 1. The number of hydrogen-bond acceptors (Lipinski definition) is 5. The summed E-state index contributed by atoms with van der Waals surface area (Å²) in [6.45, 7) is 8.19. The van der Waals surface area contributed by atoms with Gasteiger partial charge in [0.2, 0.25) is 5.91 Å². The summed E-state index contributed by atoms with van der Waals surface area (Å²) < 4.78 is 3.25. The Balaban J connectivity index is 1.73. The quantitative estimate of drug-likeness (QED) is 0.759. The molecule has 3 rings (SSSR count). The second-order valence-electron chi connectivity index (χ2n) is 6.26. The van der Waals surface area contributed by atoms with Gasteiger partial charge in [-0.2, -0.15) is 5.10 Å². The van der Waals surface area contributed by atoms with Crippen LogP contribution in [0.1, 0.15) is 36.8 Å². The van der Waals surface area contributed by atoms with Crippen LogP contribution < -0.4 is 10.9 Å². The van der Waals surface area contributed by atoms with Crippen molar-refractivity contribution in [1.29, 1.82) is 0 Å². The lowest BCUT2D eigenvalue weighted by Gasteiger charge is -2.12. The first-order valence-corrected chi connectivity index (χ1v) is 8.98. The third-order valence-electron chi connectivity index (χ3n) is 4.16. The van der Waals surface area contributed by atoms with Crippen LogP contribution in [0.5, 0.6) is 0 Å². The minimum Gasteiger partial charge on any atom is -0.311 e. The van der Waals surface area contributed by atoms with Gasteiger partial charge in [0.15, 0.2) is 0 Å². The molecular formula is C17H21N5O2S. The normalized spacial score (nSPS) is 11.4. The van der Waals surface area contributed by atoms with Gasteiger partial charge in [0.1, 0.15) is 10.6 Å². The van der Waals surface area contributed by atoms with Crippen molar-refractivity contribution in [1.82, 2.24) is 19.3 Å². The molecule has 1 amide bonds. The topological polar surface area (TPSA) is 81.8 Å². The van der Waals surface area contributed by atoms with Crippen LogP contribution in [0.25, 0.3) is 10.2 Å². The van der Waals surface area contributed by atoms with Crippen LogP contribution in [0.3, 0.4) is 0 Å². The maximum absolute atomic E-state index is 12.6. The summed E-state index contributed by atoms with van der Waals surface area (Å²) in [5.41, 5.74) is 0.879. The van der Waals surface area contributed by atoms with Gasteiger partial charge in [0, 0.05) is 30.0 Å². The highest BCUT2D eigenvalue weighted by atomic mass is 32.1. The second-order valence-corrected chi connectivity index (χ2v) is 7.46. The van der Waals surface area contributed by atoms with Gasteiger partial charge < -0.3 is 5.32 Å². The molecule has 132 valence electrons. The number of hydrogen-bond donors (Lipinski definition) is 1. The highest BCUT2D eigenvalue weighted by Gasteiger charge is 2.13. The van der Waals surface area contributed by atoms with Crippen molar-refractivity contribution in [2.24, 2.45) is 0 Å². The van der Waals surface area contributed by atoms with Crippen LogP contribution >= 0.6 is 11.3 Å². The molecule has 7 nitrogen and oxygen atoms in total. The highest BCUT2D eigenvalue weighted by molar-refractivity contribution is 7.18. The third-order valence-corrected chi connectivity index (χ3v) is 5.28. The maximum atomic E-state index is 12.6. The molecule has 3 aromatic heterocycles. The lowest BCUT2D eigenvalue weighted by Crippen LogP contribution is -2.24. The largest absolute Gasteiger partial charge is 0.311 e. The Morgan fingerprint density at radius 1 is 1.36 bits per heavy atom. The molecule has 0 fully saturated rings. The molecule has 0 bridgehead atoms. The van der Waals surface area contributed by atoms with Gasteiger partial charge in [-0.25, -0.2) is 9.67 Å². The first-order chi connectivity index (χ1) is 11.9. The minimum absolute atomic E-state index is 0.0909. The maximum Gasteiger partial charge on any atom is 0.262 e. The van der Waals surface area contributed by atoms with E-state index in [0.717, 1.165) is 15.3 Å². The van der Waals surface area contributed by atoms with Crippen LogP contribution in [-0.4, -0.2) is 25.2 Å². The van der Waals surface area contributed by atoms with E-state index in [9.17, 15) is 9.59 Å². The third kappa shape index (κ3) is 3.34. The summed E-state index contributed by atoms with van der Waals surface area (Å²) in [7, 11) is 0. The number of aromatic nitrogens is 4. The van der Waals surface area contributed by atoms with Gasteiger partial charge >= 0.3 is 0 Å². The van der Waals surface area contributed by atoms with E-state index in [-0.39, 0.29) is 30.5 Å². The fraction of sp³-hybridized carbons (Fsp3) is 0.412. The first kappa shape index (κ1) is 17.3. The molecule has 0 unspecified atom stereocenters. The van der Waals surface area contributed by atoms with E-state index in [1.165, 1.54) is 22.2 Å². The Bertz CT molecular complexity index is 983. The monoisotopic (exact) mass is 359 g/mol. The number of aryl methyl sites for hydroxylation is 3. The molecule has 3 heterocycles. The Hall–Kier alpha value is -2.48. The molecule has 25 heavy (non-hydrogen) atoms. The van der Waals surface area contributed by atoms with Crippen molar-refractivity contribution in [3.8, 4) is 0 Å². The predicted molar refractivity (Wildman–Crippen MR) is 99.2 cm³/mol. The van der Waals surface area contributed by atoms with E-state index in [0.29, 0.717) is 11.2 Å². The Labute approximate surface area is 149 Å². The number of anilines is 1. The van der Waals surface area contributed by atoms with Crippen LogP contribution in [0, 0.1) is 13.8 Å². The van der Waals surface area contributed by atoms with E-state index in [4.69, 9.17) is 0 Å². The summed E-state index contributed by atoms with van der Waals surface area (Å²) in [6.07, 6.45) is 3.36. The summed E-state index contributed by atoms with van der Waals surface area (Å²) in [5.74, 6) is 0.498. The zero-order chi connectivity index (χ0) is 18.1. The molecule has 0 spiro atoms. The van der Waals surface area contributed by atoms with Gasteiger partial charge in [-0.05, 0) is 33.3 Å². The summed E-state index contributed by atoms with van der Waals surface area (Å²) in [6, 6.07) is 1.92. The number of carbonyl (C=O) groups is 1. The molecular weight excluding hydrogens is 338 g/mol. The standard InChI is InChI=1S/C17H21N5O2S/c1-10(2)22-13(5-7-19-22)20-14(23)6-8-21-9-18-16-15(17(21)24)11(3)12(4)25-16/h5,7,9-10H,6,8H2,1-4H3,(H,20,23). The fourth-order valence-corrected chi connectivity index (χ4v) is 3.67. The molecule has 0 atom stereocenters. The van der Waals surface area contributed by atoms with Gasteiger partial charge in [-0.15, -0.1) is 11.3 Å². The molecule has 0 aliphatic carbocycles. The number of nitrogens with one attached hydrogen (secondary N) is 1. The van der Waals surface area contributed by atoms with Crippen LogP contribution in [0.2, 0.25) is 0 Å². The molecule has 0 saturated heterocycles. The van der Waals surface area contributed by atoms with Crippen molar-refractivity contribution in [2.45, 2.75) is 46.7 Å². The molecule has 0 aliphatic heterocycles. The molecule has 0 aromatic carbocycles. The fourth-order valence-electron chi connectivity index (χ4n) is 2.68. The first-order valence-electron chi connectivity index (χ1n) is 8.17. The van der Waals surface area contributed by atoms with E-state index >= 15 is 0 Å². The number of thiophene rings is 1. The average Bonchev–Trinajstić information content (AvgIpc) is 3.12. The molecule has 0 radical (unpaired) electrons. The van der Waals surface area contributed by atoms with Gasteiger partial charge in [-0.1, -0.05) is 0 Å². The van der Waals surface area contributed by atoms with Crippen molar-refractivity contribution in [2.75, 3.05) is 5.32 Å². The van der Waals surface area contributed by atoms with E-state index in [2.05, 4.69) is 15.4 Å². The lowest BCUT2D eigenvalue weighted by atomic mass is 10.2. The van der Waals surface area contributed by atoms with Crippen molar-refractivity contribution < 1.29 is 4.79 Å². The summed E-state index contributed by atoms with van der Waals surface area (Å²) >= 11 is 1.52. The lowest BCUT2D eigenvalue weighted by molar-refractivity contribution is -0.116. The summed E-state index contributed by atoms with van der Waals surface area (Å²) in [5, 5.41) is 7.68. The summed E-state index contributed by atoms with van der Waals surface area (Å²) in [4.78, 5) is 31.0. The van der Waals surface area contributed by atoms with E-state index in [1.807, 2.05) is 27.7 Å². The zero-order valence-corrected chi connectivity index (χ0v) is 15.6. The number of amides is 1. The molecule has 8 heteroatoms. The Kier molecular flexibility index (Phi) is 4.71.